The van der Waals surface area contributed by atoms with Gasteiger partial charge in [0.05, 0.1) is 40.6 Å². The van der Waals surface area contributed by atoms with Gasteiger partial charge in [0, 0.05) is 30.3 Å². The Kier molecular flexibility index (Phi) is 19.5. The molecule has 1 unspecified atom stereocenters. The molecule has 0 radical (unpaired) electrons. The number of anilines is 1. The number of hydrogen-bond acceptors (Lipinski definition) is 10. The van der Waals surface area contributed by atoms with Crippen LogP contribution in [0.25, 0.3) is 0 Å². The number of rotatable bonds is 29. The van der Waals surface area contributed by atoms with Crippen molar-refractivity contribution in [3.63, 3.8) is 0 Å². The molecule has 4 aromatic rings. The molecular weight excluding hydrogens is 775 g/mol. The molecule has 4 aromatic carbocycles. The van der Waals surface area contributed by atoms with Gasteiger partial charge >= 0.3 is 0 Å². The summed E-state index contributed by atoms with van der Waals surface area (Å²) in [6.07, 6.45) is 11.9. The van der Waals surface area contributed by atoms with Gasteiger partial charge in [-0.2, -0.15) is 0 Å². The molecule has 0 N–H and O–H groups in total. The van der Waals surface area contributed by atoms with E-state index >= 15 is 0 Å². The molecule has 0 aliphatic heterocycles. The Labute approximate surface area is 347 Å². The largest absolute Gasteiger partial charge is 0.748 e. The summed E-state index contributed by atoms with van der Waals surface area (Å²) in [7, 11) is -6.97. The highest BCUT2D eigenvalue weighted by molar-refractivity contribution is 7.85. The van der Waals surface area contributed by atoms with Crippen LogP contribution < -0.4 is 14.4 Å². The maximum absolute atomic E-state index is 11.1. The average molecular weight is 836 g/mol. The lowest BCUT2D eigenvalue weighted by molar-refractivity contribution is 0.0147. The van der Waals surface area contributed by atoms with Gasteiger partial charge in [-0.3, -0.25) is 0 Å². The Bertz CT molecular complexity index is 1920. The minimum absolute atomic E-state index is 0.221. The maximum Gasteiger partial charge on any atom is 0.143 e. The van der Waals surface area contributed by atoms with Gasteiger partial charge in [-0.25, -0.2) is 16.8 Å². The second-order valence-corrected chi connectivity index (χ2v) is 17.9. The van der Waals surface area contributed by atoms with Crippen LogP contribution in [0.2, 0.25) is 0 Å². The predicted octanol–water partition coefficient (Wildman–Crippen LogP) is 9.22. The molecule has 0 spiro atoms. The molecule has 58 heavy (non-hydrogen) atoms. The first-order chi connectivity index (χ1) is 27.9. The molecule has 318 valence electrons. The summed E-state index contributed by atoms with van der Waals surface area (Å²) in [5, 5.41) is 0. The smallest absolute Gasteiger partial charge is 0.143 e. The highest BCUT2D eigenvalue weighted by Crippen LogP contribution is 2.42. The molecule has 4 rings (SSSR count). The summed E-state index contributed by atoms with van der Waals surface area (Å²) in [5.74, 6) is 0.692. The highest BCUT2D eigenvalue weighted by Gasteiger charge is 2.37. The van der Waals surface area contributed by atoms with E-state index in [1.807, 2.05) is 83.8 Å². The number of nitrogens with zero attached hydrogens (tertiary/aromatic N) is 1. The summed E-state index contributed by atoms with van der Waals surface area (Å²) in [4.78, 5) is 2.03. The second-order valence-electron chi connectivity index (χ2n) is 14.8. The topological polar surface area (TPSA) is 145 Å². The fourth-order valence-corrected chi connectivity index (χ4v) is 8.30. The molecule has 0 fully saturated rings. The van der Waals surface area contributed by atoms with Crippen LogP contribution in [0.3, 0.4) is 0 Å². The van der Waals surface area contributed by atoms with Crippen molar-refractivity contribution in [1.82, 2.24) is 0 Å². The first-order valence-corrected chi connectivity index (χ1v) is 23.9. The Morgan fingerprint density at radius 3 is 1.57 bits per heavy atom. The average Bonchev–Trinajstić information content (AvgIpc) is 3.21. The van der Waals surface area contributed by atoms with Gasteiger partial charge in [0.15, 0.2) is 0 Å². The maximum atomic E-state index is 11.1. The molecule has 0 saturated heterocycles. The Hall–Kier alpha value is -3.94. The molecule has 0 aromatic heterocycles. The molecule has 1 atom stereocenters. The van der Waals surface area contributed by atoms with Crippen molar-refractivity contribution in [2.75, 3.05) is 49.8 Å². The molecule has 10 nitrogen and oxygen atoms in total. The first kappa shape index (κ1) is 46.7. The summed E-state index contributed by atoms with van der Waals surface area (Å²) in [6, 6.07) is 34.4. The molecule has 0 bridgehead atoms. The van der Waals surface area contributed by atoms with E-state index in [1.165, 1.54) is 44.9 Å². The van der Waals surface area contributed by atoms with Crippen molar-refractivity contribution in [3.05, 3.63) is 125 Å². The van der Waals surface area contributed by atoms with Crippen LogP contribution in [0, 0.1) is 0 Å². The van der Waals surface area contributed by atoms with Gasteiger partial charge in [-0.15, -0.1) is 0 Å². The standard InChI is InChI=1S/C46H63NO9S2/c1-3-4-5-6-7-8-9-15-35-55-45-30-24-42(25-31-45)46(40-18-11-10-12-19-40,41-22-28-44(54-2)29-23-41)56-36-32-39-20-26-43(27-21-39)47(33-13-16-37-57(48,49)50)34-14-17-38-58(51,52)53/h10-12,18-31H,3-9,13-17,32-38H2,1-2H3,(H,48,49,50)(H,51,52,53)/p-2. The van der Waals surface area contributed by atoms with Gasteiger partial charge in [0.2, 0.25) is 0 Å². The lowest BCUT2D eigenvalue weighted by Crippen LogP contribution is -2.33. The third-order valence-electron chi connectivity index (χ3n) is 10.4. The van der Waals surface area contributed by atoms with E-state index in [-0.39, 0.29) is 12.8 Å². The van der Waals surface area contributed by atoms with Crippen molar-refractivity contribution in [1.29, 1.82) is 0 Å². The third-order valence-corrected chi connectivity index (χ3v) is 11.9. The number of benzene rings is 4. The first-order valence-electron chi connectivity index (χ1n) is 20.7. The fourth-order valence-electron chi connectivity index (χ4n) is 7.19. The van der Waals surface area contributed by atoms with Crippen LogP contribution in [-0.4, -0.2) is 70.9 Å². The zero-order chi connectivity index (χ0) is 41.7. The summed E-state index contributed by atoms with van der Waals surface area (Å²) in [6.45, 7) is 4.27. The molecule has 0 saturated carbocycles. The molecule has 12 heteroatoms. The number of ether oxygens (including phenoxy) is 3. The van der Waals surface area contributed by atoms with E-state index in [1.54, 1.807) is 7.11 Å². The van der Waals surface area contributed by atoms with Crippen LogP contribution in [0.4, 0.5) is 5.69 Å². The Balaban J connectivity index is 1.50. The summed E-state index contributed by atoms with van der Waals surface area (Å²) in [5.41, 5.74) is 3.86. The van der Waals surface area contributed by atoms with E-state index in [2.05, 4.69) is 31.2 Å². The van der Waals surface area contributed by atoms with E-state index in [4.69, 9.17) is 14.2 Å². The van der Waals surface area contributed by atoms with Crippen LogP contribution in [0.1, 0.15) is 106 Å². The zero-order valence-electron chi connectivity index (χ0n) is 34.2. The van der Waals surface area contributed by atoms with Crippen molar-refractivity contribution in [2.24, 2.45) is 0 Å². The lowest BCUT2D eigenvalue weighted by atomic mass is 9.80. The van der Waals surface area contributed by atoms with E-state index in [0.717, 1.165) is 45.9 Å². The molecular formula is C46H61NO9S2-2. The monoisotopic (exact) mass is 835 g/mol. The number of hydrogen-bond donors (Lipinski definition) is 0. The fraction of sp³-hybridized carbons (Fsp3) is 0.478. The van der Waals surface area contributed by atoms with Gasteiger partial charge in [-0.1, -0.05) is 119 Å². The van der Waals surface area contributed by atoms with E-state index in [9.17, 15) is 25.9 Å². The number of unbranched alkanes of at least 4 members (excludes halogenated alkanes) is 9. The zero-order valence-corrected chi connectivity index (χ0v) is 35.8. The normalized spacial score (nSPS) is 12.9. The minimum atomic E-state index is -4.31. The highest BCUT2D eigenvalue weighted by atomic mass is 32.2. The minimum Gasteiger partial charge on any atom is -0.748 e. The van der Waals surface area contributed by atoms with E-state index in [0.29, 0.717) is 45.6 Å². The van der Waals surface area contributed by atoms with Crippen molar-refractivity contribution in [3.8, 4) is 11.5 Å². The second kappa shape index (κ2) is 24.2. The van der Waals surface area contributed by atoms with Gasteiger partial charge in [0.1, 0.15) is 17.1 Å². The van der Waals surface area contributed by atoms with Gasteiger partial charge in [-0.05, 0) is 97.2 Å². The van der Waals surface area contributed by atoms with Crippen molar-refractivity contribution in [2.45, 2.75) is 96.0 Å². The van der Waals surface area contributed by atoms with Crippen molar-refractivity contribution < 1.29 is 40.2 Å². The van der Waals surface area contributed by atoms with Crippen LogP contribution in [0.15, 0.2) is 103 Å². The van der Waals surface area contributed by atoms with Crippen molar-refractivity contribution >= 4 is 25.9 Å². The van der Waals surface area contributed by atoms with Gasteiger partial charge in [0.25, 0.3) is 0 Å². The van der Waals surface area contributed by atoms with Crippen LogP contribution >= 0.6 is 0 Å². The Morgan fingerprint density at radius 1 is 0.552 bits per heavy atom. The quantitative estimate of drug-likeness (QED) is 0.0295. The summed E-state index contributed by atoms with van der Waals surface area (Å²) < 4.78 is 85.6. The molecule has 0 heterocycles. The van der Waals surface area contributed by atoms with Crippen LogP contribution in [0.5, 0.6) is 11.5 Å². The van der Waals surface area contributed by atoms with Gasteiger partial charge < -0.3 is 28.2 Å². The number of methoxy groups -OCH3 is 1. The Morgan fingerprint density at radius 2 is 1.05 bits per heavy atom. The molecule has 0 aliphatic carbocycles. The predicted molar refractivity (Wildman–Crippen MR) is 230 cm³/mol. The molecule has 0 amide bonds. The SMILES string of the molecule is CCCCCCCCCCOc1ccc(C(OCCc2ccc(N(CCCCS(=O)(=O)[O-])CCCCS(=O)(=O)[O-])cc2)(c2ccccc2)c2ccc(OC)cc2)cc1. The third kappa shape index (κ3) is 16.0. The summed E-state index contributed by atoms with van der Waals surface area (Å²) >= 11 is 0. The van der Waals surface area contributed by atoms with E-state index < -0.39 is 37.3 Å². The van der Waals surface area contributed by atoms with Crippen LogP contribution in [-0.2, 0) is 37.0 Å². The molecule has 0 aliphatic rings. The lowest BCUT2D eigenvalue weighted by Gasteiger charge is -2.36.